The standard InChI is InChI=1S/C12H12BrNO3/c1-3-17-12(15)10(7-14)9-6-8(16-2)4-5-11(9)13/h4-6,10H,3H2,1-2H3. The number of hydrogen-bond acceptors (Lipinski definition) is 4. The Morgan fingerprint density at radius 2 is 2.29 bits per heavy atom. The number of halogens is 1. The predicted octanol–water partition coefficient (Wildman–Crippen LogP) is 2.63. The molecule has 0 aromatic heterocycles. The molecule has 0 N–H and O–H groups in total. The van der Waals surface area contributed by atoms with E-state index in [1.54, 1.807) is 25.1 Å². The maximum absolute atomic E-state index is 11.6. The van der Waals surface area contributed by atoms with Crippen LogP contribution in [0.15, 0.2) is 22.7 Å². The second-order valence-electron chi connectivity index (χ2n) is 3.20. The molecule has 0 aliphatic carbocycles. The van der Waals surface area contributed by atoms with Crippen LogP contribution in [-0.2, 0) is 9.53 Å². The molecule has 0 spiro atoms. The van der Waals surface area contributed by atoms with Crippen molar-refractivity contribution in [3.63, 3.8) is 0 Å². The normalized spacial score (nSPS) is 11.4. The Morgan fingerprint density at radius 1 is 1.59 bits per heavy atom. The molecule has 17 heavy (non-hydrogen) atoms. The molecule has 0 heterocycles. The first-order valence-corrected chi connectivity index (χ1v) is 5.83. The number of nitrogens with zero attached hydrogens (tertiary/aromatic N) is 1. The van der Waals surface area contributed by atoms with Gasteiger partial charge in [0.1, 0.15) is 5.75 Å². The van der Waals surface area contributed by atoms with Crippen LogP contribution in [0.4, 0.5) is 0 Å². The van der Waals surface area contributed by atoms with Crippen molar-refractivity contribution in [1.82, 2.24) is 0 Å². The van der Waals surface area contributed by atoms with Gasteiger partial charge in [0, 0.05) is 4.47 Å². The van der Waals surface area contributed by atoms with E-state index in [-0.39, 0.29) is 6.61 Å². The monoisotopic (exact) mass is 297 g/mol. The minimum absolute atomic E-state index is 0.249. The molecule has 90 valence electrons. The minimum atomic E-state index is -0.945. The third-order valence-electron chi connectivity index (χ3n) is 2.17. The fourth-order valence-corrected chi connectivity index (χ4v) is 1.82. The lowest BCUT2D eigenvalue weighted by atomic mass is 10.0. The van der Waals surface area contributed by atoms with Gasteiger partial charge in [-0.2, -0.15) is 5.26 Å². The summed E-state index contributed by atoms with van der Waals surface area (Å²) in [4.78, 5) is 11.6. The fraction of sp³-hybridized carbons (Fsp3) is 0.333. The van der Waals surface area contributed by atoms with Crippen LogP contribution < -0.4 is 4.74 Å². The average molecular weight is 298 g/mol. The summed E-state index contributed by atoms with van der Waals surface area (Å²) in [6, 6.07) is 7.06. The molecule has 1 aromatic carbocycles. The molecule has 0 radical (unpaired) electrons. The molecule has 5 heteroatoms. The number of hydrogen-bond donors (Lipinski definition) is 0. The van der Waals surface area contributed by atoms with Gasteiger partial charge in [0.15, 0.2) is 5.92 Å². The highest BCUT2D eigenvalue weighted by atomic mass is 79.9. The van der Waals surface area contributed by atoms with E-state index < -0.39 is 11.9 Å². The molecule has 0 amide bonds. The molecule has 0 aliphatic heterocycles. The number of methoxy groups -OCH3 is 1. The zero-order chi connectivity index (χ0) is 12.8. The molecule has 1 rings (SSSR count). The molecule has 0 saturated heterocycles. The second-order valence-corrected chi connectivity index (χ2v) is 4.06. The van der Waals surface area contributed by atoms with Crippen LogP contribution in [0.3, 0.4) is 0 Å². The van der Waals surface area contributed by atoms with Gasteiger partial charge in [-0.15, -0.1) is 0 Å². The molecule has 4 nitrogen and oxygen atoms in total. The molecule has 1 atom stereocenters. The molecule has 0 bridgehead atoms. The summed E-state index contributed by atoms with van der Waals surface area (Å²) in [5.41, 5.74) is 0.547. The number of rotatable bonds is 4. The Balaban J connectivity index is 3.11. The molecule has 1 aromatic rings. The van der Waals surface area contributed by atoms with Crippen LogP contribution in [0, 0.1) is 11.3 Å². The van der Waals surface area contributed by atoms with Gasteiger partial charge in [0.05, 0.1) is 19.8 Å². The summed E-state index contributed by atoms with van der Waals surface area (Å²) in [5, 5.41) is 9.05. The Morgan fingerprint density at radius 3 is 2.82 bits per heavy atom. The predicted molar refractivity (Wildman–Crippen MR) is 65.7 cm³/mol. The van der Waals surface area contributed by atoms with Gasteiger partial charge in [-0.3, -0.25) is 4.79 Å². The van der Waals surface area contributed by atoms with Crippen molar-refractivity contribution in [3.8, 4) is 11.8 Å². The zero-order valence-corrected chi connectivity index (χ0v) is 11.2. The Bertz CT molecular complexity index is 454. The molecule has 0 fully saturated rings. The number of carbonyl (C=O) groups is 1. The first-order valence-electron chi connectivity index (χ1n) is 5.03. The van der Waals surface area contributed by atoms with E-state index in [0.717, 1.165) is 0 Å². The number of benzene rings is 1. The van der Waals surface area contributed by atoms with Crippen molar-refractivity contribution >= 4 is 21.9 Å². The van der Waals surface area contributed by atoms with Crippen LogP contribution in [0.2, 0.25) is 0 Å². The number of esters is 1. The SMILES string of the molecule is CCOC(=O)C(C#N)c1cc(OC)ccc1Br. The van der Waals surface area contributed by atoms with Gasteiger partial charge < -0.3 is 9.47 Å². The van der Waals surface area contributed by atoms with Gasteiger partial charge in [0.2, 0.25) is 0 Å². The summed E-state index contributed by atoms with van der Waals surface area (Å²) >= 11 is 3.31. The van der Waals surface area contributed by atoms with Gasteiger partial charge in [-0.25, -0.2) is 0 Å². The molecular formula is C12H12BrNO3. The van der Waals surface area contributed by atoms with E-state index in [4.69, 9.17) is 14.7 Å². The first kappa shape index (κ1) is 13.5. The highest BCUT2D eigenvalue weighted by Crippen LogP contribution is 2.29. The lowest BCUT2D eigenvalue weighted by Gasteiger charge is -2.11. The maximum atomic E-state index is 11.6. The second kappa shape index (κ2) is 6.26. The Labute approximate surface area is 108 Å². The van der Waals surface area contributed by atoms with Crippen molar-refractivity contribution < 1.29 is 14.3 Å². The van der Waals surface area contributed by atoms with Crippen molar-refractivity contribution in [2.24, 2.45) is 0 Å². The van der Waals surface area contributed by atoms with Gasteiger partial charge in [-0.1, -0.05) is 15.9 Å². The molecular weight excluding hydrogens is 286 g/mol. The lowest BCUT2D eigenvalue weighted by Crippen LogP contribution is -2.15. The summed E-state index contributed by atoms with van der Waals surface area (Å²) in [6.07, 6.45) is 0. The Hall–Kier alpha value is -1.54. The van der Waals surface area contributed by atoms with Crippen LogP contribution in [0.25, 0.3) is 0 Å². The highest BCUT2D eigenvalue weighted by Gasteiger charge is 2.24. The quantitative estimate of drug-likeness (QED) is 0.802. The molecule has 0 aliphatic rings. The van der Waals surface area contributed by atoms with Crippen LogP contribution in [-0.4, -0.2) is 19.7 Å². The van der Waals surface area contributed by atoms with Crippen LogP contribution >= 0.6 is 15.9 Å². The zero-order valence-electron chi connectivity index (χ0n) is 9.57. The molecule has 0 saturated carbocycles. The largest absolute Gasteiger partial charge is 0.497 e. The number of ether oxygens (including phenoxy) is 2. The van der Waals surface area contributed by atoms with Crippen LogP contribution in [0.5, 0.6) is 5.75 Å². The summed E-state index contributed by atoms with van der Waals surface area (Å²) in [5.74, 6) is -0.906. The van der Waals surface area contributed by atoms with Crippen LogP contribution in [0.1, 0.15) is 18.4 Å². The van der Waals surface area contributed by atoms with E-state index >= 15 is 0 Å². The fourth-order valence-electron chi connectivity index (χ4n) is 1.34. The summed E-state index contributed by atoms with van der Waals surface area (Å²) in [7, 11) is 1.53. The number of carbonyl (C=O) groups excluding carboxylic acids is 1. The minimum Gasteiger partial charge on any atom is -0.497 e. The Kier molecular flexibility index (Phi) is 4.98. The van der Waals surface area contributed by atoms with Gasteiger partial charge in [-0.05, 0) is 30.7 Å². The van der Waals surface area contributed by atoms with E-state index in [2.05, 4.69) is 15.9 Å². The lowest BCUT2D eigenvalue weighted by molar-refractivity contribution is -0.143. The van der Waals surface area contributed by atoms with E-state index in [9.17, 15) is 4.79 Å². The van der Waals surface area contributed by atoms with E-state index in [1.807, 2.05) is 6.07 Å². The van der Waals surface area contributed by atoms with E-state index in [1.165, 1.54) is 7.11 Å². The highest BCUT2D eigenvalue weighted by molar-refractivity contribution is 9.10. The van der Waals surface area contributed by atoms with Crippen molar-refractivity contribution in [1.29, 1.82) is 5.26 Å². The van der Waals surface area contributed by atoms with Crippen molar-refractivity contribution in [3.05, 3.63) is 28.2 Å². The number of nitriles is 1. The first-order chi connectivity index (χ1) is 8.13. The average Bonchev–Trinajstić information content (AvgIpc) is 2.33. The third-order valence-corrected chi connectivity index (χ3v) is 2.89. The van der Waals surface area contributed by atoms with Gasteiger partial charge in [0.25, 0.3) is 0 Å². The maximum Gasteiger partial charge on any atom is 0.327 e. The van der Waals surface area contributed by atoms with E-state index in [0.29, 0.717) is 15.8 Å². The summed E-state index contributed by atoms with van der Waals surface area (Å²) < 4.78 is 10.6. The van der Waals surface area contributed by atoms with Crippen molar-refractivity contribution in [2.75, 3.05) is 13.7 Å². The summed E-state index contributed by atoms with van der Waals surface area (Å²) in [6.45, 7) is 1.95. The van der Waals surface area contributed by atoms with Gasteiger partial charge >= 0.3 is 5.97 Å². The molecule has 1 unspecified atom stereocenters. The third kappa shape index (κ3) is 3.21. The topological polar surface area (TPSA) is 59.3 Å². The smallest absolute Gasteiger partial charge is 0.327 e. The van der Waals surface area contributed by atoms with Crippen molar-refractivity contribution in [2.45, 2.75) is 12.8 Å².